The van der Waals surface area contributed by atoms with Crippen molar-refractivity contribution >= 4 is 5.91 Å². The molecule has 21 heavy (non-hydrogen) atoms. The van der Waals surface area contributed by atoms with Gasteiger partial charge in [-0.25, -0.2) is 0 Å². The average Bonchev–Trinajstić information content (AvgIpc) is 3.10. The van der Waals surface area contributed by atoms with Crippen molar-refractivity contribution in [2.75, 3.05) is 19.6 Å². The van der Waals surface area contributed by atoms with E-state index in [4.69, 9.17) is 0 Å². The molecule has 0 bridgehead atoms. The van der Waals surface area contributed by atoms with Gasteiger partial charge in [0, 0.05) is 18.6 Å². The van der Waals surface area contributed by atoms with E-state index in [0.29, 0.717) is 18.6 Å². The highest BCUT2D eigenvalue weighted by molar-refractivity contribution is 5.79. The lowest BCUT2D eigenvalue weighted by Gasteiger charge is -2.30. The van der Waals surface area contributed by atoms with Gasteiger partial charge < -0.3 is 10.6 Å². The fraction of sp³-hybridized carbons (Fsp3) is 0.875. The number of nitriles is 1. The first-order valence-corrected chi connectivity index (χ1v) is 8.24. The topological polar surface area (TPSA) is 68.2 Å². The van der Waals surface area contributed by atoms with E-state index in [1.54, 1.807) is 0 Å². The fourth-order valence-electron chi connectivity index (χ4n) is 3.39. The van der Waals surface area contributed by atoms with E-state index in [2.05, 4.69) is 35.5 Å². The Balaban J connectivity index is 1.87. The smallest absolute Gasteiger partial charge is 0.235 e. The Kier molecular flexibility index (Phi) is 5.60. The lowest BCUT2D eigenvalue weighted by atomic mass is 10.00. The standard InChI is InChI=1S/C16H28N4O/c1-13(2)20(10-14-6-5-9-18-14)11-15(21)19-16(12-17)7-3-4-8-16/h13-14,18H,3-11H2,1-2H3,(H,19,21). The molecule has 0 aromatic carbocycles. The molecule has 1 saturated heterocycles. The van der Waals surface area contributed by atoms with Crippen molar-refractivity contribution < 1.29 is 4.79 Å². The molecule has 5 heteroatoms. The Labute approximate surface area is 128 Å². The van der Waals surface area contributed by atoms with Crippen LogP contribution in [0.25, 0.3) is 0 Å². The zero-order chi connectivity index (χ0) is 15.3. The van der Waals surface area contributed by atoms with E-state index in [9.17, 15) is 10.1 Å². The molecule has 1 heterocycles. The molecule has 118 valence electrons. The third-order valence-electron chi connectivity index (χ3n) is 4.74. The van der Waals surface area contributed by atoms with Gasteiger partial charge in [-0.05, 0) is 58.9 Å². The molecule has 1 unspecified atom stereocenters. The van der Waals surface area contributed by atoms with Crippen LogP contribution in [0.2, 0.25) is 0 Å². The molecule has 0 aromatic rings. The maximum Gasteiger partial charge on any atom is 0.235 e. The minimum absolute atomic E-state index is 0.00912. The zero-order valence-corrected chi connectivity index (χ0v) is 13.3. The summed E-state index contributed by atoms with van der Waals surface area (Å²) in [6.07, 6.45) is 6.07. The van der Waals surface area contributed by atoms with Gasteiger partial charge in [-0.3, -0.25) is 9.69 Å². The summed E-state index contributed by atoms with van der Waals surface area (Å²) in [6.45, 7) is 6.62. The number of carbonyl (C=O) groups excluding carboxylic acids is 1. The van der Waals surface area contributed by atoms with Crippen LogP contribution in [0.1, 0.15) is 52.4 Å². The fourth-order valence-corrected chi connectivity index (χ4v) is 3.39. The molecule has 1 saturated carbocycles. The molecule has 0 spiro atoms. The summed E-state index contributed by atoms with van der Waals surface area (Å²) >= 11 is 0. The van der Waals surface area contributed by atoms with E-state index in [1.165, 1.54) is 12.8 Å². The van der Waals surface area contributed by atoms with Crippen molar-refractivity contribution in [3.8, 4) is 6.07 Å². The molecule has 5 nitrogen and oxygen atoms in total. The zero-order valence-electron chi connectivity index (χ0n) is 13.3. The van der Waals surface area contributed by atoms with Gasteiger partial charge in [-0.1, -0.05) is 0 Å². The lowest BCUT2D eigenvalue weighted by Crippen LogP contribution is -2.51. The number of nitrogens with zero attached hydrogens (tertiary/aromatic N) is 2. The highest BCUT2D eigenvalue weighted by atomic mass is 16.2. The molecule has 2 rings (SSSR count). The van der Waals surface area contributed by atoms with Crippen LogP contribution in [0, 0.1) is 11.3 Å². The van der Waals surface area contributed by atoms with Crippen LogP contribution in [0.15, 0.2) is 0 Å². The number of nitrogens with one attached hydrogen (secondary N) is 2. The van der Waals surface area contributed by atoms with Crippen molar-refractivity contribution in [2.45, 2.75) is 70.0 Å². The second-order valence-corrected chi connectivity index (χ2v) is 6.77. The molecule has 2 fully saturated rings. The van der Waals surface area contributed by atoms with E-state index in [-0.39, 0.29) is 5.91 Å². The van der Waals surface area contributed by atoms with Gasteiger partial charge >= 0.3 is 0 Å². The highest BCUT2D eigenvalue weighted by Gasteiger charge is 2.35. The van der Waals surface area contributed by atoms with Gasteiger partial charge in [0.2, 0.25) is 5.91 Å². The summed E-state index contributed by atoms with van der Waals surface area (Å²) in [7, 11) is 0. The molecular weight excluding hydrogens is 264 g/mol. The van der Waals surface area contributed by atoms with Gasteiger partial charge in [-0.15, -0.1) is 0 Å². The summed E-state index contributed by atoms with van der Waals surface area (Å²) in [6, 6.07) is 3.15. The number of carbonyl (C=O) groups is 1. The first-order valence-electron chi connectivity index (χ1n) is 8.24. The van der Waals surface area contributed by atoms with Crippen molar-refractivity contribution in [3.63, 3.8) is 0 Å². The number of rotatable bonds is 6. The van der Waals surface area contributed by atoms with Crippen LogP contribution in [0.4, 0.5) is 0 Å². The van der Waals surface area contributed by atoms with Crippen LogP contribution in [0.5, 0.6) is 0 Å². The van der Waals surface area contributed by atoms with E-state index < -0.39 is 5.54 Å². The van der Waals surface area contributed by atoms with Gasteiger partial charge in [-0.2, -0.15) is 5.26 Å². The van der Waals surface area contributed by atoms with Gasteiger partial charge in [0.05, 0.1) is 12.6 Å². The Morgan fingerprint density at radius 3 is 2.67 bits per heavy atom. The van der Waals surface area contributed by atoms with Crippen LogP contribution in [-0.4, -0.2) is 48.1 Å². The van der Waals surface area contributed by atoms with Crippen LogP contribution < -0.4 is 10.6 Å². The largest absolute Gasteiger partial charge is 0.337 e. The first-order chi connectivity index (χ1) is 10.0. The third kappa shape index (κ3) is 4.42. The summed E-state index contributed by atoms with van der Waals surface area (Å²) in [5.41, 5.74) is -0.606. The van der Waals surface area contributed by atoms with Crippen LogP contribution in [-0.2, 0) is 4.79 Å². The maximum atomic E-state index is 12.3. The van der Waals surface area contributed by atoms with Gasteiger partial charge in [0.25, 0.3) is 0 Å². The molecule has 0 aromatic heterocycles. The Bertz CT molecular complexity index is 390. The monoisotopic (exact) mass is 292 g/mol. The summed E-state index contributed by atoms with van der Waals surface area (Å²) in [5, 5.41) is 15.8. The molecule has 1 aliphatic heterocycles. The normalized spacial score (nSPS) is 24.4. The highest BCUT2D eigenvalue weighted by Crippen LogP contribution is 2.28. The van der Waals surface area contributed by atoms with Crippen LogP contribution in [0.3, 0.4) is 0 Å². The SMILES string of the molecule is CC(C)N(CC(=O)NC1(C#N)CCCC1)CC1CCCN1. The molecule has 2 N–H and O–H groups in total. The molecular formula is C16H28N4O. The minimum Gasteiger partial charge on any atom is -0.337 e. The van der Waals surface area contributed by atoms with Crippen molar-refractivity contribution in [2.24, 2.45) is 0 Å². The Morgan fingerprint density at radius 2 is 2.14 bits per heavy atom. The molecule has 1 amide bonds. The van der Waals surface area contributed by atoms with Gasteiger partial charge in [0.1, 0.15) is 5.54 Å². The first kappa shape index (κ1) is 16.3. The molecule has 0 radical (unpaired) electrons. The maximum absolute atomic E-state index is 12.3. The minimum atomic E-state index is -0.606. The second-order valence-electron chi connectivity index (χ2n) is 6.77. The summed E-state index contributed by atoms with van der Waals surface area (Å²) in [4.78, 5) is 14.5. The predicted molar refractivity (Wildman–Crippen MR) is 82.7 cm³/mol. The summed E-state index contributed by atoms with van der Waals surface area (Å²) < 4.78 is 0. The number of amides is 1. The van der Waals surface area contributed by atoms with Crippen molar-refractivity contribution in [1.82, 2.24) is 15.5 Å². The predicted octanol–water partition coefficient (Wildman–Crippen LogP) is 1.40. The van der Waals surface area contributed by atoms with Crippen molar-refractivity contribution in [1.29, 1.82) is 5.26 Å². The second kappa shape index (κ2) is 7.24. The Hall–Kier alpha value is -1.12. The lowest BCUT2D eigenvalue weighted by molar-refractivity contribution is -0.124. The molecule has 1 atom stereocenters. The van der Waals surface area contributed by atoms with E-state index in [0.717, 1.165) is 38.8 Å². The molecule has 2 aliphatic rings. The number of hydrogen-bond donors (Lipinski definition) is 2. The number of hydrogen-bond acceptors (Lipinski definition) is 4. The molecule has 1 aliphatic carbocycles. The van der Waals surface area contributed by atoms with E-state index >= 15 is 0 Å². The Morgan fingerprint density at radius 1 is 1.43 bits per heavy atom. The average molecular weight is 292 g/mol. The summed E-state index contributed by atoms with van der Waals surface area (Å²) in [5.74, 6) is -0.00912. The van der Waals surface area contributed by atoms with Gasteiger partial charge in [0.15, 0.2) is 0 Å². The third-order valence-corrected chi connectivity index (χ3v) is 4.74. The van der Waals surface area contributed by atoms with Crippen molar-refractivity contribution in [3.05, 3.63) is 0 Å². The quantitative estimate of drug-likeness (QED) is 0.776. The van der Waals surface area contributed by atoms with E-state index in [1.807, 2.05) is 0 Å². The van der Waals surface area contributed by atoms with Crippen LogP contribution >= 0.6 is 0 Å².